The molecule has 1 saturated carbocycles. The summed E-state index contributed by atoms with van der Waals surface area (Å²) < 4.78 is 0. The minimum atomic E-state index is -0.837. The lowest BCUT2D eigenvalue weighted by Gasteiger charge is -2.37. The molecule has 1 aliphatic rings. The number of nitrogens with zero attached hydrogens (tertiary/aromatic N) is 1. The van der Waals surface area contributed by atoms with Gasteiger partial charge in [-0.05, 0) is 30.6 Å². The summed E-state index contributed by atoms with van der Waals surface area (Å²) in [4.78, 5) is 25.2. The quantitative estimate of drug-likeness (QED) is 0.814. The number of amides is 1. The summed E-state index contributed by atoms with van der Waals surface area (Å²) in [5.74, 6) is -0.237. The van der Waals surface area contributed by atoms with E-state index < -0.39 is 5.97 Å². The molecule has 0 bridgehead atoms. The van der Waals surface area contributed by atoms with E-state index in [4.69, 9.17) is 5.11 Å². The SMILES string of the molecule is CC(C)CN(CCC(=O)O)C(=O)C1CCCC(C)(C)C1. The Morgan fingerprint density at radius 2 is 2.00 bits per heavy atom. The molecule has 0 spiro atoms. The molecule has 1 N–H and O–H groups in total. The molecule has 1 rings (SSSR count). The van der Waals surface area contributed by atoms with Crippen molar-refractivity contribution in [1.82, 2.24) is 4.90 Å². The Morgan fingerprint density at radius 1 is 1.35 bits per heavy atom. The molecular weight excluding hydrogens is 254 g/mol. The van der Waals surface area contributed by atoms with Gasteiger partial charge in [-0.15, -0.1) is 0 Å². The average molecular weight is 283 g/mol. The fourth-order valence-electron chi connectivity index (χ4n) is 3.13. The van der Waals surface area contributed by atoms with E-state index >= 15 is 0 Å². The smallest absolute Gasteiger partial charge is 0.305 e. The number of carboxylic acids is 1. The maximum atomic E-state index is 12.7. The second kappa shape index (κ2) is 7.09. The highest BCUT2D eigenvalue weighted by molar-refractivity contribution is 5.79. The van der Waals surface area contributed by atoms with Gasteiger partial charge in [-0.25, -0.2) is 0 Å². The molecule has 1 amide bonds. The maximum absolute atomic E-state index is 12.7. The molecule has 0 aromatic carbocycles. The number of rotatable bonds is 6. The van der Waals surface area contributed by atoms with Crippen LogP contribution in [0.3, 0.4) is 0 Å². The molecule has 116 valence electrons. The van der Waals surface area contributed by atoms with Crippen molar-refractivity contribution < 1.29 is 14.7 Å². The van der Waals surface area contributed by atoms with E-state index in [1.807, 2.05) is 0 Å². The number of carboxylic acid groups (broad SMARTS) is 1. The maximum Gasteiger partial charge on any atom is 0.305 e. The Morgan fingerprint density at radius 3 is 2.50 bits per heavy atom. The van der Waals surface area contributed by atoms with Gasteiger partial charge in [0.1, 0.15) is 0 Å². The summed E-state index contributed by atoms with van der Waals surface area (Å²) >= 11 is 0. The summed E-state index contributed by atoms with van der Waals surface area (Å²) in [6.45, 7) is 9.55. The molecule has 4 heteroatoms. The van der Waals surface area contributed by atoms with Gasteiger partial charge in [-0.3, -0.25) is 9.59 Å². The first-order valence-corrected chi connectivity index (χ1v) is 7.72. The van der Waals surface area contributed by atoms with E-state index in [0.717, 1.165) is 19.3 Å². The number of aliphatic carboxylic acids is 1. The number of hydrogen-bond donors (Lipinski definition) is 1. The first-order chi connectivity index (χ1) is 9.21. The van der Waals surface area contributed by atoms with Gasteiger partial charge in [0.15, 0.2) is 0 Å². The van der Waals surface area contributed by atoms with Gasteiger partial charge in [0, 0.05) is 19.0 Å². The zero-order chi connectivity index (χ0) is 15.3. The zero-order valence-corrected chi connectivity index (χ0v) is 13.3. The van der Waals surface area contributed by atoms with E-state index in [0.29, 0.717) is 19.0 Å². The first-order valence-electron chi connectivity index (χ1n) is 7.72. The number of carbonyl (C=O) groups excluding carboxylic acids is 1. The lowest BCUT2D eigenvalue weighted by molar-refractivity contribution is -0.141. The van der Waals surface area contributed by atoms with E-state index in [2.05, 4.69) is 27.7 Å². The minimum absolute atomic E-state index is 0.0363. The van der Waals surface area contributed by atoms with Gasteiger partial charge in [0.25, 0.3) is 0 Å². The van der Waals surface area contributed by atoms with Crippen LogP contribution in [0, 0.1) is 17.3 Å². The van der Waals surface area contributed by atoms with Gasteiger partial charge in [-0.2, -0.15) is 0 Å². The minimum Gasteiger partial charge on any atom is -0.481 e. The Kier molecular flexibility index (Phi) is 6.03. The van der Waals surface area contributed by atoms with Crippen LogP contribution in [-0.4, -0.2) is 35.0 Å². The average Bonchev–Trinajstić information content (AvgIpc) is 2.31. The molecule has 20 heavy (non-hydrogen) atoms. The van der Waals surface area contributed by atoms with Crippen LogP contribution >= 0.6 is 0 Å². The highest BCUT2D eigenvalue weighted by atomic mass is 16.4. The van der Waals surface area contributed by atoms with E-state index in [9.17, 15) is 9.59 Å². The van der Waals surface area contributed by atoms with Crippen molar-refractivity contribution >= 4 is 11.9 Å². The van der Waals surface area contributed by atoms with Crippen LogP contribution in [0.1, 0.15) is 59.8 Å². The van der Waals surface area contributed by atoms with Crippen LogP contribution in [0.2, 0.25) is 0 Å². The van der Waals surface area contributed by atoms with Crippen molar-refractivity contribution in [2.24, 2.45) is 17.3 Å². The fourth-order valence-corrected chi connectivity index (χ4v) is 3.13. The highest BCUT2D eigenvalue weighted by Crippen LogP contribution is 2.39. The summed E-state index contributed by atoms with van der Waals surface area (Å²) in [5, 5.41) is 8.83. The predicted molar refractivity (Wildman–Crippen MR) is 79.4 cm³/mol. The normalized spacial score (nSPS) is 21.8. The largest absolute Gasteiger partial charge is 0.481 e. The molecule has 0 saturated heterocycles. The lowest BCUT2D eigenvalue weighted by Crippen LogP contribution is -2.42. The third-order valence-corrected chi connectivity index (χ3v) is 4.05. The van der Waals surface area contributed by atoms with Crippen LogP contribution in [0.25, 0.3) is 0 Å². The van der Waals surface area contributed by atoms with Crippen molar-refractivity contribution in [3.8, 4) is 0 Å². The molecule has 0 aromatic heterocycles. The molecule has 0 aliphatic heterocycles. The van der Waals surface area contributed by atoms with Gasteiger partial charge in [0.05, 0.1) is 6.42 Å². The molecule has 1 aliphatic carbocycles. The van der Waals surface area contributed by atoms with Crippen molar-refractivity contribution in [3.05, 3.63) is 0 Å². The molecule has 1 unspecified atom stereocenters. The predicted octanol–water partition coefficient (Wildman–Crippen LogP) is 3.16. The van der Waals surface area contributed by atoms with Crippen LogP contribution < -0.4 is 0 Å². The Labute approximate surface area is 122 Å². The second-order valence-electron chi connectivity index (χ2n) is 7.28. The summed E-state index contributed by atoms with van der Waals surface area (Å²) in [6, 6.07) is 0. The van der Waals surface area contributed by atoms with Crippen LogP contribution in [0.15, 0.2) is 0 Å². The van der Waals surface area contributed by atoms with E-state index in [1.165, 1.54) is 6.42 Å². The topological polar surface area (TPSA) is 57.6 Å². The van der Waals surface area contributed by atoms with Gasteiger partial charge < -0.3 is 10.0 Å². The number of carbonyl (C=O) groups is 2. The third-order valence-electron chi connectivity index (χ3n) is 4.05. The monoisotopic (exact) mass is 283 g/mol. The Bertz CT molecular complexity index is 350. The van der Waals surface area contributed by atoms with E-state index in [1.54, 1.807) is 4.90 Å². The van der Waals surface area contributed by atoms with Crippen molar-refractivity contribution in [2.75, 3.05) is 13.1 Å². The molecule has 0 heterocycles. The molecular formula is C16H29NO3. The number of hydrogen-bond acceptors (Lipinski definition) is 2. The molecule has 4 nitrogen and oxygen atoms in total. The summed E-state index contributed by atoms with van der Waals surface area (Å²) in [6.07, 6.45) is 4.18. The van der Waals surface area contributed by atoms with Gasteiger partial charge in [0.2, 0.25) is 5.91 Å². The van der Waals surface area contributed by atoms with Crippen LogP contribution in [0.5, 0.6) is 0 Å². The lowest BCUT2D eigenvalue weighted by atomic mass is 9.72. The van der Waals surface area contributed by atoms with Gasteiger partial charge >= 0.3 is 5.97 Å². The summed E-state index contributed by atoms with van der Waals surface area (Å²) in [7, 11) is 0. The third kappa shape index (κ3) is 5.51. The second-order valence-corrected chi connectivity index (χ2v) is 7.28. The van der Waals surface area contributed by atoms with E-state index in [-0.39, 0.29) is 23.7 Å². The van der Waals surface area contributed by atoms with Crippen molar-refractivity contribution in [1.29, 1.82) is 0 Å². The van der Waals surface area contributed by atoms with Crippen LogP contribution in [-0.2, 0) is 9.59 Å². The van der Waals surface area contributed by atoms with Gasteiger partial charge in [-0.1, -0.05) is 34.1 Å². The molecule has 1 fully saturated rings. The Hall–Kier alpha value is -1.06. The summed E-state index contributed by atoms with van der Waals surface area (Å²) in [5.41, 5.74) is 0.231. The first kappa shape index (κ1) is 17.0. The zero-order valence-electron chi connectivity index (χ0n) is 13.3. The molecule has 1 atom stereocenters. The molecule has 0 aromatic rings. The molecule has 0 radical (unpaired) electrons. The standard InChI is InChI=1S/C16H29NO3/c1-12(2)11-17(9-7-14(18)19)15(20)13-6-5-8-16(3,4)10-13/h12-13H,5-11H2,1-4H3,(H,18,19). The van der Waals surface area contributed by atoms with Crippen molar-refractivity contribution in [3.63, 3.8) is 0 Å². The Balaban J connectivity index is 2.68. The van der Waals surface area contributed by atoms with Crippen molar-refractivity contribution in [2.45, 2.75) is 59.8 Å². The highest BCUT2D eigenvalue weighted by Gasteiger charge is 2.34. The van der Waals surface area contributed by atoms with Crippen LogP contribution in [0.4, 0.5) is 0 Å². The fraction of sp³-hybridized carbons (Fsp3) is 0.875.